The van der Waals surface area contributed by atoms with E-state index >= 15 is 0 Å². The van der Waals surface area contributed by atoms with Crippen LogP contribution in [-0.4, -0.2) is 21.2 Å². The first-order chi connectivity index (χ1) is 9.13. The van der Waals surface area contributed by atoms with Crippen molar-refractivity contribution < 1.29 is 14.4 Å². The third-order valence-corrected chi connectivity index (χ3v) is 3.39. The zero-order valence-corrected chi connectivity index (χ0v) is 10.5. The Morgan fingerprint density at radius 1 is 1.42 bits per heavy atom. The monoisotopic (exact) mass is 258 g/mol. The Morgan fingerprint density at radius 3 is 2.79 bits per heavy atom. The lowest BCUT2D eigenvalue weighted by Gasteiger charge is -1.97. The molecule has 0 bridgehead atoms. The number of rotatable bonds is 4. The number of hydrogen-bond acceptors (Lipinski definition) is 4. The molecular weight excluding hydrogens is 244 g/mol. The van der Waals surface area contributed by atoms with E-state index in [9.17, 15) is 4.79 Å². The van der Waals surface area contributed by atoms with Crippen LogP contribution in [0.5, 0.6) is 0 Å². The molecule has 0 spiro atoms. The summed E-state index contributed by atoms with van der Waals surface area (Å²) in [4.78, 5) is 15.1. The summed E-state index contributed by atoms with van der Waals surface area (Å²) in [7, 11) is 0. The van der Waals surface area contributed by atoms with Gasteiger partial charge in [-0.25, -0.2) is 0 Å². The van der Waals surface area contributed by atoms with Crippen LogP contribution in [0.4, 0.5) is 0 Å². The summed E-state index contributed by atoms with van der Waals surface area (Å²) in [5, 5.41) is 12.8. The van der Waals surface area contributed by atoms with E-state index < -0.39 is 5.97 Å². The van der Waals surface area contributed by atoms with Crippen molar-refractivity contribution in [1.82, 2.24) is 10.1 Å². The largest absolute Gasteiger partial charge is 0.481 e. The van der Waals surface area contributed by atoms with Gasteiger partial charge in [0, 0.05) is 6.42 Å². The van der Waals surface area contributed by atoms with Gasteiger partial charge in [-0.3, -0.25) is 4.79 Å². The van der Waals surface area contributed by atoms with Gasteiger partial charge in [-0.2, -0.15) is 4.98 Å². The van der Waals surface area contributed by atoms with Crippen LogP contribution < -0.4 is 0 Å². The summed E-state index contributed by atoms with van der Waals surface area (Å²) < 4.78 is 5.14. The molecule has 1 saturated carbocycles. The van der Waals surface area contributed by atoms with Gasteiger partial charge in [0.2, 0.25) is 5.89 Å². The number of aromatic nitrogens is 2. The minimum atomic E-state index is -0.789. The first-order valence-corrected chi connectivity index (χ1v) is 6.24. The Bertz CT molecular complexity index is 603. The molecule has 0 amide bonds. The fraction of sp³-hybridized carbons (Fsp3) is 0.357. The van der Waals surface area contributed by atoms with Crippen molar-refractivity contribution in [3.63, 3.8) is 0 Å². The van der Waals surface area contributed by atoms with Crippen LogP contribution >= 0.6 is 0 Å². The number of carbonyl (C=O) groups is 1. The Morgan fingerprint density at radius 2 is 2.16 bits per heavy atom. The molecule has 1 fully saturated rings. The van der Waals surface area contributed by atoms with Crippen molar-refractivity contribution in [2.75, 3.05) is 0 Å². The predicted octanol–water partition coefficient (Wildman–Crippen LogP) is 2.16. The van der Waals surface area contributed by atoms with Gasteiger partial charge in [0.1, 0.15) is 0 Å². The van der Waals surface area contributed by atoms with Crippen molar-refractivity contribution >= 4 is 5.97 Å². The van der Waals surface area contributed by atoms with Crippen LogP contribution in [0.15, 0.2) is 28.8 Å². The lowest BCUT2D eigenvalue weighted by molar-refractivity contribution is -0.138. The second kappa shape index (κ2) is 4.50. The van der Waals surface area contributed by atoms with Gasteiger partial charge in [-0.15, -0.1) is 0 Å². The molecule has 1 aromatic carbocycles. The van der Waals surface area contributed by atoms with E-state index in [-0.39, 0.29) is 11.8 Å². The van der Waals surface area contributed by atoms with E-state index in [2.05, 4.69) is 10.1 Å². The van der Waals surface area contributed by atoms with Gasteiger partial charge in [-0.05, 0) is 18.9 Å². The molecule has 2 aromatic rings. The molecule has 5 nitrogen and oxygen atoms in total. The van der Waals surface area contributed by atoms with Gasteiger partial charge in [0.25, 0.3) is 0 Å². The van der Waals surface area contributed by atoms with Gasteiger partial charge < -0.3 is 9.63 Å². The molecule has 98 valence electrons. The van der Waals surface area contributed by atoms with E-state index in [4.69, 9.17) is 9.63 Å². The number of aryl methyl sites for hydroxylation is 1. The molecule has 1 N–H and O–H groups in total. The van der Waals surface area contributed by atoms with E-state index in [1.54, 1.807) is 0 Å². The quantitative estimate of drug-likeness (QED) is 0.909. The molecule has 5 heteroatoms. The number of nitrogens with zero attached hydrogens (tertiary/aromatic N) is 2. The zero-order valence-electron chi connectivity index (χ0n) is 10.5. The summed E-state index contributed by atoms with van der Waals surface area (Å²) in [6.45, 7) is 2.04. The van der Waals surface area contributed by atoms with E-state index in [0.717, 1.165) is 5.56 Å². The van der Waals surface area contributed by atoms with Crippen LogP contribution in [0.3, 0.4) is 0 Å². The topological polar surface area (TPSA) is 76.2 Å². The summed E-state index contributed by atoms with van der Waals surface area (Å²) >= 11 is 0. The maximum Gasteiger partial charge on any atom is 0.307 e. The van der Waals surface area contributed by atoms with Gasteiger partial charge in [-0.1, -0.05) is 35.0 Å². The third-order valence-electron chi connectivity index (χ3n) is 3.39. The fourth-order valence-corrected chi connectivity index (χ4v) is 2.12. The van der Waals surface area contributed by atoms with Crippen LogP contribution in [-0.2, 0) is 11.2 Å². The molecule has 1 aliphatic rings. The maximum absolute atomic E-state index is 10.8. The lowest BCUT2D eigenvalue weighted by atomic mass is 10.1. The van der Waals surface area contributed by atoms with Crippen molar-refractivity contribution in [2.45, 2.75) is 25.7 Å². The third kappa shape index (κ3) is 2.50. The Labute approximate surface area is 110 Å². The van der Waals surface area contributed by atoms with Crippen LogP contribution in [0.25, 0.3) is 0 Å². The van der Waals surface area contributed by atoms with Gasteiger partial charge in [0.15, 0.2) is 5.82 Å². The summed E-state index contributed by atoms with van der Waals surface area (Å²) in [6, 6.07) is 8.14. The molecule has 2 atom stereocenters. The average Bonchev–Trinajstić information content (AvgIpc) is 3.07. The lowest BCUT2D eigenvalue weighted by Crippen LogP contribution is -1.99. The summed E-state index contributed by atoms with van der Waals surface area (Å²) in [5.74, 6) is -0.183. The van der Waals surface area contributed by atoms with Crippen LogP contribution in [0.1, 0.15) is 35.2 Å². The molecule has 1 aromatic heterocycles. The second-order valence-electron chi connectivity index (χ2n) is 5.00. The SMILES string of the molecule is Cc1ccc(Cc2noc(C3CC3C(=O)O)n2)cc1. The van der Waals surface area contributed by atoms with Crippen molar-refractivity contribution in [3.8, 4) is 0 Å². The highest BCUT2D eigenvalue weighted by Gasteiger charge is 2.48. The molecule has 3 rings (SSSR count). The summed E-state index contributed by atoms with van der Waals surface area (Å²) in [5.41, 5.74) is 2.32. The normalized spacial score (nSPS) is 21.3. The molecule has 1 heterocycles. The fourth-order valence-electron chi connectivity index (χ4n) is 2.12. The van der Waals surface area contributed by atoms with E-state index in [1.165, 1.54) is 5.56 Å². The highest BCUT2D eigenvalue weighted by atomic mass is 16.5. The van der Waals surface area contributed by atoms with E-state index in [1.807, 2.05) is 31.2 Å². The average molecular weight is 258 g/mol. The number of benzene rings is 1. The molecular formula is C14H14N2O3. The smallest absolute Gasteiger partial charge is 0.307 e. The molecule has 2 unspecified atom stereocenters. The first kappa shape index (κ1) is 11.9. The van der Waals surface area contributed by atoms with Gasteiger partial charge >= 0.3 is 5.97 Å². The Kier molecular flexibility index (Phi) is 2.81. The molecule has 0 saturated heterocycles. The Hall–Kier alpha value is -2.17. The standard InChI is InChI=1S/C14H14N2O3/c1-8-2-4-9(5-3-8)6-12-15-13(19-16-12)10-7-11(10)14(17)18/h2-5,10-11H,6-7H2,1H3,(H,17,18). The molecule has 0 radical (unpaired) electrons. The molecule has 0 aliphatic heterocycles. The highest BCUT2D eigenvalue weighted by Crippen LogP contribution is 2.46. The predicted molar refractivity (Wildman–Crippen MR) is 66.8 cm³/mol. The minimum absolute atomic E-state index is 0.100. The van der Waals surface area contributed by atoms with Crippen molar-refractivity contribution in [2.24, 2.45) is 5.92 Å². The Balaban J connectivity index is 1.69. The number of carboxylic acids is 1. The number of aliphatic carboxylic acids is 1. The minimum Gasteiger partial charge on any atom is -0.481 e. The van der Waals surface area contributed by atoms with Crippen molar-refractivity contribution in [3.05, 3.63) is 47.1 Å². The second-order valence-corrected chi connectivity index (χ2v) is 5.00. The summed E-state index contributed by atoms with van der Waals surface area (Å²) in [6.07, 6.45) is 1.20. The van der Waals surface area contributed by atoms with Gasteiger partial charge in [0.05, 0.1) is 11.8 Å². The van der Waals surface area contributed by atoms with Crippen LogP contribution in [0.2, 0.25) is 0 Å². The zero-order chi connectivity index (χ0) is 13.4. The van der Waals surface area contributed by atoms with E-state index in [0.29, 0.717) is 24.6 Å². The van der Waals surface area contributed by atoms with Crippen molar-refractivity contribution in [1.29, 1.82) is 0 Å². The number of carboxylic acid groups (broad SMARTS) is 1. The first-order valence-electron chi connectivity index (χ1n) is 6.24. The number of hydrogen-bond donors (Lipinski definition) is 1. The highest BCUT2D eigenvalue weighted by molar-refractivity contribution is 5.74. The molecule has 19 heavy (non-hydrogen) atoms. The molecule has 1 aliphatic carbocycles. The van der Waals surface area contributed by atoms with Crippen LogP contribution in [0, 0.1) is 12.8 Å². The maximum atomic E-state index is 10.8.